The van der Waals surface area contributed by atoms with Gasteiger partial charge in [-0.05, 0) is 11.1 Å². The molecule has 0 aliphatic rings. The van der Waals surface area contributed by atoms with E-state index in [4.69, 9.17) is 20.4 Å². The van der Waals surface area contributed by atoms with E-state index in [9.17, 15) is 0 Å². The zero-order chi connectivity index (χ0) is 17.3. The molecule has 0 radical (unpaired) electrons. The highest BCUT2D eigenvalue weighted by Crippen LogP contribution is 2.18. The number of aliphatic hydroxyl groups is 4. The van der Waals surface area contributed by atoms with Gasteiger partial charge in [-0.2, -0.15) is 0 Å². The van der Waals surface area contributed by atoms with Gasteiger partial charge in [-0.1, -0.05) is 74.5 Å². The van der Waals surface area contributed by atoms with Crippen molar-refractivity contribution in [3.8, 4) is 11.1 Å². The fourth-order valence-electron chi connectivity index (χ4n) is 1.67. The van der Waals surface area contributed by atoms with Gasteiger partial charge in [0.1, 0.15) is 0 Å². The van der Waals surface area contributed by atoms with E-state index in [2.05, 4.69) is 53.3 Å². The lowest BCUT2D eigenvalue weighted by Crippen LogP contribution is -2.44. The molecule has 0 aliphatic heterocycles. The van der Waals surface area contributed by atoms with Crippen molar-refractivity contribution in [1.82, 2.24) is 0 Å². The molecular formula is C18H24O5. The Morgan fingerprint density at radius 3 is 1.22 bits per heavy atom. The summed E-state index contributed by atoms with van der Waals surface area (Å²) in [5.41, 5.74) is 2.55. The average Bonchev–Trinajstić information content (AvgIpc) is 2.56. The van der Waals surface area contributed by atoms with Gasteiger partial charge in [-0.3, -0.25) is 4.74 Å². The Labute approximate surface area is 136 Å². The molecule has 0 saturated heterocycles. The average molecular weight is 320 g/mol. The summed E-state index contributed by atoms with van der Waals surface area (Å²) in [4.78, 5) is 0. The second kappa shape index (κ2) is 8.76. The van der Waals surface area contributed by atoms with Gasteiger partial charge >= 0.3 is 0 Å². The molecule has 0 saturated carbocycles. The molecule has 4 N–H and O–H groups in total. The van der Waals surface area contributed by atoms with Crippen LogP contribution in [0.15, 0.2) is 60.7 Å². The zero-order valence-electron chi connectivity index (χ0n) is 13.4. The van der Waals surface area contributed by atoms with E-state index >= 15 is 0 Å². The topological polar surface area (TPSA) is 90.2 Å². The van der Waals surface area contributed by atoms with Crippen molar-refractivity contribution < 1.29 is 25.2 Å². The maximum atomic E-state index is 8.80. The molecule has 0 fully saturated rings. The fraction of sp³-hybridized carbons (Fsp3) is 0.333. The zero-order valence-corrected chi connectivity index (χ0v) is 13.4. The van der Waals surface area contributed by atoms with Gasteiger partial charge in [0.25, 0.3) is 11.9 Å². The molecule has 2 rings (SSSR count). The third-order valence-corrected chi connectivity index (χ3v) is 3.13. The summed E-state index contributed by atoms with van der Waals surface area (Å²) in [6.07, 6.45) is -0.286. The van der Waals surface area contributed by atoms with Crippen LogP contribution in [0.1, 0.15) is 26.7 Å². The van der Waals surface area contributed by atoms with Crippen LogP contribution in [-0.4, -0.2) is 32.4 Å². The van der Waals surface area contributed by atoms with Crippen LogP contribution in [0.4, 0.5) is 0 Å². The SMILES string of the molecule is CCC(O)(O)OC(O)(O)CC.c1ccc(-c2ccccc2)cc1. The Hall–Kier alpha value is -1.76. The maximum Gasteiger partial charge on any atom is 0.281 e. The van der Waals surface area contributed by atoms with Crippen molar-refractivity contribution in [3.63, 3.8) is 0 Å². The van der Waals surface area contributed by atoms with Gasteiger partial charge in [0.2, 0.25) is 0 Å². The van der Waals surface area contributed by atoms with Gasteiger partial charge in [-0.15, -0.1) is 0 Å². The van der Waals surface area contributed by atoms with E-state index in [-0.39, 0.29) is 12.8 Å². The minimum Gasteiger partial charge on any atom is -0.343 e. The molecule has 5 heteroatoms. The Bertz CT molecular complexity index is 501. The molecule has 0 spiro atoms. The van der Waals surface area contributed by atoms with E-state index in [0.29, 0.717) is 0 Å². The van der Waals surface area contributed by atoms with Crippen molar-refractivity contribution in [2.75, 3.05) is 0 Å². The maximum absolute atomic E-state index is 8.80. The molecule has 0 heterocycles. The van der Waals surface area contributed by atoms with Crippen molar-refractivity contribution in [1.29, 1.82) is 0 Å². The molecule has 0 aliphatic carbocycles. The highest BCUT2D eigenvalue weighted by Gasteiger charge is 2.34. The molecule has 5 nitrogen and oxygen atoms in total. The number of ether oxygens (including phenoxy) is 1. The first-order valence-corrected chi connectivity index (χ1v) is 7.50. The van der Waals surface area contributed by atoms with Gasteiger partial charge in [0, 0.05) is 12.8 Å². The minimum atomic E-state index is -2.47. The number of hydrogen-bond donors (Lipinski definition) is 4. The van der Waals surface area contributed by atoms with E-state index in [0.717, 1.165) is 0 Å². The predicted octanol–water partition coefficient (Wildman–Crippen LogP) is 2.45. The standard InChI is InChI=1S/C12H10.C6H14O5/c1-3-7-11(8-4-1)12-9-5-2-6-10-12;1-3-5(7,8)11-6(9,10)4-2/h1-10H;7-10H,3-4H2,1-2H3. The lowest BCUT2D eigenvalue weighted by molar-refractivity contribution is -0.471. The molecule has 0 atom stereocenters. The second-order valence-corrected chi connectivity index (χ2v) is 5.03. The summed E-state index contributed by atoms with van der Waals surface area (Å²) in [5, 5.41) is 35.2. The lowest BCUT2D eigenvalue weighted by atomic mass is 10.1. The molecule has 0 amide bonds. The van der Waals surface area contributed by atoms with Crippen molar-refractivity contribution >= 4 is 0 Å². The van der Waals surface area contributed by atoms with Gasteiger partial charge in [0.15, 0.2) is 0 Å². The number of benzene rings is 2. The van der Waals surface area contributed by atoms with Crippen LogP contribution in [0.2, 0.25) is 0 Å². The molecule has 0 bridgehead atoms. The van der Waals surface area contributed by atoms with Crippen LogP contribution in [0.5, 0.6) is 0 Å². The number of hydrogen-bond acceptors (Lipinski definition) is 5. The largest absolute Gasteiger partial charge is 0.343 e. The fourth-order valence-corrected chi connectivity index (χ4v) is 1.67. The Morgan fingerprint density at radius 1 is 0.652 bits per heavy atom. The van der Waals surface area contributed by atoms with E-state index in [1.165, 1.54) is 25.0 Å². The Morgan fingerprint density at radius 2 is 0.957 bits per heavy atom. The summed E-state index contributed by atoms with van der Waals surface area (Å²) >= 11 is 0. The second-order valence-electron chi connectivity index (χ2n) is 5.03. The Kier molecular flexibility index (Phi) is 7.35. The van der Waals surface area contributed by atoms with Crippen LogP contribution in [0.25, 0.3) is 11.1 Å². The van der Waals surface area contributed by atoms with E-state index in [1.807, 2.05) is 12.1 Å². The Balaban J connectivity index is 0.000000232. The number of rotatable bonds is 5. The summed E-state index contributed by atoms with van der Waals surface area (Å²) in [5.74, 6) is -4.95. The summed E-state index contributed by atoms with van der Waals surface area (Å²) < 4.78 is 4.15. The van der Waals surface area contributed by atoms with Crippen LogP contribution < -0.4 is 0 Å². The predicted molar refractivity (Wildman–Crippen MR) is 87.9 cm³/mol. The van der Waals surface area contributed by atoms with Crippen molar-refractivity contribution in [3.05, 3.63) is 60.7 Å². The highest BCUT2D eigenvalue weighted by atomic mass is 16.9. The first-order valence-electron chi connectivity index (χ1n) is 7.50. The molecular weight excluding hydrogens is 296 g/mol. The quantitative estimate of drug-likeness (QED) is 0.635. The van der Waals surface area contributed by atoms with Crippen LogP contribution >= 0.6 is 0 Å². The third kappa shape index (κ3) is 7.36. The van der Waals surface area contributed by atoms with Crippen LogP contribution in [-0.2, 0) is 4.74 Å². The molecule has 0 unspecified atom stereocenters. The highest BCUT2D eigenvalue weighted by molar-refractivity contribution is 5.62. The van der Waals surface area contributed by atoms with Crippen molar-refractivity contribution in [2.45, 2.75) is 38.6 Å². The first kappa shape index (κ1) is 19.3. The summed E-state index contributed by atoms with van der Waals surface area (Å²) in [6.45, 7) is 2.87. The monoisotopic (exact) mass is 320 g/mol. The van der Waals surface area contributed by atoms with Gasteiger partial charge in [-0.25, -0.2) is 0 Å². The smallest absolute Gasteiger partial charge is 0.281 e. The van der Waals surface area contributed by atoms with Crippen LogP contribution in [0, 0.1) is 0 Å². The van der Waals surface area contributed by atoms with Gasteiger partial charge < -0.3 is 20.4 Å². The third-order valence-electron chi connectivity index (χ3n) is 3.13. The summed E-state index contributed by atoms with van der Waals surface area (Å²) in [6, 6.07) is 20.8. The molecule has 2 aromatic carbocycles. The minimum absolute atomic E-state index is 0.143. The molecule has 23 heavy (non-hydrogen) atoms. The molecule has 0 aromatic heterocycles. The van der Waals surface area contributed by atoms with Crippen LogP contribution in [0.3, 0.4) is 0 Å². The molecule has 126 valence electrons. The normalized spacial score (nSPS) is 11.6. The van der Waals surface area contributed by atoms with Crippen molar-refractivity contribution in [2.24, 2.45) is 0 Å². The summed E-state index contributed by atoms with van der Waals surface area (Å²) in [7, 11) is 0. The first-order chi connectivity index (χ1) is 10.8. The van der Waals surface area contributed by atoms with E-state index in [1.54, 1.807) is 0 Å². The van der Waals surface area contributed by atoms with E-state index < -0.39 is 11.9 Å². The van der Waals surface area contributed by atoms with Gasteiger partial charge in [0.05, 0.1) is 0 Å². The lowest BCUT2D eigenvalue weighted by Gasteiger charge is -2.28. The molecule has 2 aromatic rings.